The molecule has 2 aliphatic rings. The first-order chi connectivity index (χ1) is 12.5. The Morgan fingerprint density at radius 2 is 2.00 bits per heavy atom. The van der Waals surface area contributed by atoms with Crippen LogP contribution in [-0.4, -0.2) is 18.4 Å². The first kappa shape index (κ1) is 17.0. The Labute approximate surface area is 155 Å². The van der Waals surface area contributed by atoms with Gasteiger partial charge in [0, 0.05) is 23.8 Å². The van der Waals surface area contributed by atoms with Crippen LogP contribution in [0.15, 0.2) is 36.4 Å². The summed E-state index contributed by atoms with van der Waals surface area (Å²) in [6.45, 7) is 0.693. The minimum absolute atomic E-state index is 0.0611. The number of aryl methyl sites for hydroxylation is 1. The fraction of sp³-hybridized carbons (Fsp3) is 0.300. The summed E-state index contributed by atoms with van der Waals surface area (Å²) in [7, 11) is 0. The van der Waals surface area contributed by atoms with Crippen LogP contribution in [0.4, 0.5) is 15.8 Å². The molecule has 0 atom stereocenters. The van der Waals surface area contributed by atoms with E-state index in [-0.39, 0.29) is 22.4 Å². The van der Waals surface area contributed by atoms with E-state index in [1.807, 2.05) is 11.0 Å². The number of carbonyl (C=O) groups is 2. The van der Waals surface area contributed by atoms with Crippen molar-refractivity contribution in [3.05, 3.63) is 58.4 Å². The first-order valence-corrected chi connectivity index (χ1v) is 9.12. The van der Waals surface area contributed by atoms with Gasteiger partial charge in [-0.1, -0.05) is 23.7 Å². The lowest BCUT2D eigenvalue weighted by molar-refractivity contribution is -0.119. The normalized spacial score (nSPS) is 16.2. The summed E-state index contributed by atoms with van der Waals surface area (Å²) in [5.74, 6) is -0.981. The maximum Gasteiger partial charge on any atom is 0.260 e. The summed E-state index contributed by atoms with van der Waals surface area (Å²) < 4.78 is 13.9. The minimum Gasteiger partial charge on any atom is -0.322 e. The van der Waals surface area contributed by atoms with Crippen LogP contribution in [0.3, 0.4) is 0 Å². The fourth-order valence-electron chi connectivity index (χ4n) is 3.34. The van der Waals surface area contributed by atoms with Crippen LogP contribution < -0.4 is 10.2 Å². The molecular weight excluding hydrogens is 355 g/mol. The van der Waals surface area contributed by atoms with Crippen LogP contribution in [0.2, 0.25) is 5.02 Å². The second-order valence-electron chi connectivity index (χ2n) is 6.76. The summed E-state index contributed by atoms with van der Waals surface area (Å²) in [5, 5.41) is 2.75. The first-order valence-electron chi connectivity index (χ1n) is 8.74. The number of nitrogens with zero attached hydrogens (tertiary/aromatic N) is 1. The number of carbonyl (C=O) groups excluding carboxylic acids is 2. The molecule has 4 nitrogen and oxygen atoms in total. The number of halogens is 2. The molecule has 2 amide bonds. The van der Waals surface area contributed by atoms with Crippen LogP contribution >= 0.6 is 11.6 Å². The predicted molar refractivity (Wildman–Crippen MR) is 99.2 cm³/mol. The molecule has 1 aliphatic heterocycles. The van der Waals surface area contributed by atoms with Gasteiger partial charge in [-0.05, 0) is 55.5 Å². The van der Waals surface area contributed by atoms with Gasteiger partial charge in [0.25, 0.3) is 5.91 Å². The number of rotatable bonds is 3. The van der Waals surface area contributed by atoms with E-state index in [1.54, 1.807) is 12.1 Å². The van der Waals surface area contributed by atoms with Gasteiger partial charge in [-0.25, -0.2) is 4.39 Å². The van der Waals surface area contributed by atoms with Crippen molar-refractivity contribution < 1.29 is 14.0 Å². The quantitative estimate of drug-likeness (QED) is 0.867. The van der Waals surface area contributed by atoms with Crippen molar-refractivity contribution in [1.29, 1.82) is 0 Å². The summed E-state index contributed by atoms with van der Waals surface area (Å²) in [5.41, 5.74) is 2.26. The summed E-state index contributed by atoms with van der Waals surface area (Å²) in [6, 6.07) is 9.61. The maximum atomic E-state index is 13.9. The Morgan fingerprint density at radius 1 is 1.19 bits per heavy atom. The molecule has 0 radical (unpaired) electrons. The van der Waals surface area contributed by atoms with Crippen molar-refractivity contribution in [2.24, 2.45) is 5.92 Å². The molecule has 1 fully saturated rings. The van der Waals surface area contributed by atoms with Gasteiger partial charge in [0.1, 0.15) is 5.82 Å². The summed E-state index contributed by atoms with van der Waals surface area (Å²) in [6.07, 6.45) is 3.74. The van der Waals surface area contributed by atoms with Gasteiger partial charge in [-0.2, -0.15) is 0 Å². The van der Waals surface area contributed by atoms with Gasteiger partial charge in [0.15, 0.2) is 0 Å². The van der Waals surface area contributed by atoms with Crippen molar-refractivity contribution in [2.75, 3.05) is 16.8 Å². The van der Waals surface area contributed by atoms with Crippen LogP contribution in [0.1, 0.15) is 35.2 Å². The van der Waals surface area contributed by atoms with Crippen LogP contribution in [0.5, 0.6) is 0 Å². The Balaban J connectivity index is 1.61. The number of nitrogens with one attached hydrogen (secondary N) is 1. The van der Waals surface area contributed by atoms with Gasteiger partial charge in [-0.15, -0.1) is 0 Å². The number of hydrogen-bond donors (Lipinski definition) is 1. The molecule has 0 saturated heterocycles. The third-order valence-electron chi connectivity index (χ3n) is 4.84. The molecule has 1 heterocycles. The average molecular weight is 373 g/mol. The Hall–Kier alpha value is -2.40. The number of hydrogen-bond acceptors (Lipinski definition) is 2. The Morgan fingerprint density at radius 3 is 2.73 bits per heavy atom. The van der Waals surface area contributed by atoms with E-state index in [2.05, 4.69) is 5.32 Å². The monoisotopic (exact) mass is 372 g/mol. The third-order valence-corrected chi connectivity index (χ3v) is 5.16. The number of amides is 2. The summed E-state index contributed by atoms with van der Waals surface area (Å²) in [4.78, 5) is 26.8. The molecule has 134 valence electrons. The third kappa shape index (κ3) is 3.19. The van der Waals surface area contributed by atoms with Gasteiger partial charge in [0.2, 0.25) is 5.91 Å². The second-order valence-corrected chi connectivity index (χ2v) is 7.17. The van der Waals surface area contributed by atoms with Gasteiger partial charge < -0.3 is 10.2 Å². The second kappa shape index (κ2) is 6.72. The highest BCUT2D eigenvalue weighted by Crippen LogP contribution is 2.37. The van der Waals surface area contributed by atoms with E-state index in [0.29, 0.717) is 12.2 Å². The maximum absolute atomic E-state index is 13.9. The van der Waals surface area contributed by atoms with Crippen LogP contribution in [-0.2, 0) is 11.2 Å². The zero-order valence-electron chi connectivity index (χ0n) is 14.1. The van der Waals surface area contributed by atoms with Crippen LogP contribution in [0.25, 0.3) is 0 Å². The number of benzene rings is 2. The highest BCUT2D eigenvalue weighted by atomic mass is 35.5. The van der Waals surface area contributed by atoms with Crippen molar-refractivity contribution >= 4 is 34.8 Å². The van der Waals surface area contributed by atoms with Gasteiger partial charge >= 0.3 is 0 Å². The van der Waals surface area contributed by atoms with E-state index in [1.165, 1.54) is 18.2 Å². The molecule has 2 aromatic carbocycles. The molecule has 1 saturated carbocycles. The number of fused-ring (bicyclic) bond motifs is 1. The zero-order chi connectivity index (χ0) is 18.3. The number of anilines is 2. The molecule has 0 aromatic heterocycles. The molecule has 1 N–H and O–H groups in total. The molecule has 0 bridgehead atoms. The zero-order valence-corrected chi connectivity index (χ0v) is 14.9. The topological polar surface area (TPSA) is 49.4 Å². The lowest BCUT2D eigenvalue weighted by Crippen LogP contribution is -2.36. The summed E-state index contributed by atoms with van der Waals surface area (Å²) >= 11 is 5.96. The molecule has 4 rings (SSSR count). The van der Waals surface area contributed by atoms with E-state index in [4.69, 9.17) is 11.6 Å². The van der Waals surface area contributed by atoms with E-state index in [0.717, 1.165) is 36.9 Å². The fourth-order valence-corrected chi connectivity index (χ4v) is 3.59. The molecule has 0 unspecified atom stereocenters. The highest BCUT2D eigenvalue weighted by molar-refractivity contribution is 6.34. The van der Waals surface area contributed by atoms with Crippen molar-refractivity contribution in [1.82, 2.24) is 0 Å². The largest absolute Gasteiger partial charge is 0.322 e. The van der Waals surface area contributed by atoms with Gasteiger partial charge in [-0.3, -0.25) is 9.59 Å². The minimum atomic E-state index is -0.668. The predicted octanol–water partition coefficient (Wildman–Crippen LogP) is 4.42. The molecule has 2 aromatic rings. The smallest absolute Gasteiger partial charge is 0.260 e. The van der Waals surface area contributed by atoms with Gasteiger partial charge in [0.05, 0.1) is 10.6 Å². The molecule has 0 spiro atoms. The van der Waals surface area contributed by atoms with E-state index >= 15 is 0 Å². The average Bonchev–Trinajstić information content (AvgIpc) is 3.45. The van der Waals surface area contributed by atoms with Crippen molar-refractivity contribution in [3.8, 4) is 0 Å². The Bertz CT molecular complexity index is 875. The molecular formula is C20H18ClFN2O2. The standard InChI is InChI=1S/C20H18ClFN2O2/c21-15-4-1-5-16(22)18(15)19(25)23-14-9-8-12-3-2-10-24(17(12)11-14)20(26)13-6-7-13/h1,4-5,8-9,11,13H,2-3,6-7,10H2,(H,23,25). The SMILES string of the molecule is O=C(Nc1ccc2c(c1)N(C(=O)C1CC1)CCC2)c1c(F)cccc1Cl. The van der Waals surface area contributed by atoms with E-state index in [9.17, 15) is 14.0 Å². The Kier molecular flexibility index (Phi) is 4.41. The van der Waals surface area contributed by atoms with Crippen LogP contribution in [0, 0.1) is 11.7 Å². The lowest BCUT2D eigenvalue weighted by Gasteiger charge is -2.30. The van der Waals surface area contributed by atoms with E-state index < -0.39 is 11.7 Å². The molecule has 6 heteroatoms. The molecule has 26 heavy (non-hydrogen) atoms. The lowest BCUT2D eigenvalue weighted by atomic mass is 10.0. The van der Waals surface area contributed by atoms with Crippen molar-refractivity contribution in [3.63, 3.8) is 0 Å². The highest BCUT2D eigenvalue weighted by Gasteiger charge is 2.35. The van der Waals surface area contributed by atoms with Crippen molar-refractivity contribution in [2.45, 2.75) is 25.7 Å². The molecule has 1 aliphatic carbocycles.